The summed E-state index contributed by atoms with van der Waals surface area (Å²) in [4.78, 5) is 19.7. The first-order chi connectivity index (χ1) is 8.99. The first kappa shape index (κ1) is 14.1. The van der Waals surface area contributed by atoms with Crippen LogP contribution in [-0.4, -0.2) is 53.5 Å². The number of amides is 1. The van der Waals surface area contributed by atoms with Crippen molar-refractivity contribution in [1.82, 2.24) is 15.0 Å². The summed E-state index contributed by atoms with van der Waals surface area (Å²) in [5.41, 5.74) is 0. The summed E-state index contributed by atoms with van der Waals surface area (Å²) < 4.78 is 5.28. The normalized spacial score (nSPS) is 18.4. The summed E-state index contributed by atoms with van der Waals surface area (Å²) >= 11 is 5.82. The van der Waals surface area contributed by atoms with Crippen molar-refractivity contribution >= 4 is 23.5 Å². The number of hydrogen-bond acceptors (Lipinski definition) is 5. The maximum atomic E-state index is 11.8. The molecule has 6 nitrogen and oxygen atoms in total. The Morgan fingerprint density at radius 3 is 2.58 bits per heavy atom. The van der Waals surface area contributed by atoms with Crippen molar-refractivity contribution in [2.45, 2.75) is 31.1 Å². The van der Waals surface area contributed by atoms with Crippen LogP contribution in [0.4, 0.5) is 5.95 Å². The third-order valence-corrected chi connectivity index (χ3v) is 3.51. The Bertz CT molecular complexity index is 439. The van der Waals surface area contributed by atoms with Gasteiger partial charge < -0.3 is 14.3 Å². The summed E-state index contributed by atoms with van der Waals surface area (Å²) in [6.45, 7) is 3.10. The van der Waals surface area contributed by atoms with E-state index in [1.165, 1.54) is 0 Å². The minimum Gasteiger partial charge on any atom is -0.344 e. The zero-order valence-electron chi connectivity index (χ0n) is 11.5. The molecule has 2 heterocycles. The number of carbonyl (C=O) groups excluding carboxylic acids is 1. The first-order valence-electron chi connectivity index (χ1n) is 6.43. The van der Waals surface area contributed by atoms with E-state index in [9.17, 15) is 4.79 Å². The Labute approximate surface area is 117 Å². The lowest BCUT2D eigenvalue weighted by Gasteiger charge is -2.31. The number of nitrogens with zero attached hydrogens (tertiary/aromatic N) is 4. The highest BCUT2D eigenvalue weighted by Crippen LogP contribution is 2.28. The molecule has 0 aromatic carbocycles. The van der Waals surface area contributed by atoms with Crippen molar-refractivity contribution in [2.24, 2.45) is 0 Å². The van der Waals surface area contributed by atoms with E-state index in [1.807, 2.05) is 14.1 Å². The standard InChI is InChI=1S/C12H19ClN4O2/c1-8(13)11(18)17-6-4-9(5-7-17)10-14-12(15-19-10)16(2)3/h8-9H,4-7H2,1-3H3. The predicted octanol–water partition coefficient (Wildman–Crippen LogP) is 1.47. The fourth-order valence-electron chi connectivity index (χ4n) is 2.17. The van der Waals surface area contributed by atoms with Crippen LogP contribution in [0.3, 0.4) is 0 Å². The highest BCUT2D eigenvalue weighted by Gasteiger charge is 2.28. The molecule has 1 saturated heterocycles. The van der Waals surface area contributed by atoms with Gasteiger partial charge in [0.05, 0.1) is 0 Å². The molecule has 106 valence electrons. The molecule has 0 saturated carbocycles. The monoisotopic (exact) mass is 286 g/mol. The number of piperidine rings is 1. The molecule has 0 aliphatic carbocycles. The van der Waals surface area contributed by atoms with Gasteiger partial charge in [-0.3, -0.25) is 4.79 Å². The van der Waals surface area contributed by atoms with Gasteiger partial charge in [-0.2, -0.15) is 4.98 Å². The van der Waals surface area contributed by atoms with E-state index in [0.29, 0.717) is 24.9 Å². The SMILES string of the molecule is CC(Cl)C(=O)N1CCC(c2nc(N(C)C)no2)CC1. The number of rotatable bonds is 3. The highest BCUT2D eigenvalue weighted by atomic mass is 35.5. The highest BCUT2D eigenvalue weighted by molar-refractivity contribution is 6.30. The molecule has 1 aromatic heterocycles. The van der Waals surface area contributed by atoms with Gasteiger partial charge in [-0.1, -0.05) is 0 Å². The number of carbonyl (C=O) groups is 1. The Morgan fingerprint density at radius 1 is 1.47 bits per heavy atom. The van der Waals surface area contributed by atoms with Gasteiger partial charge in [0, 0.05) is 33.1 Å². The van der Waals surface area contributed by atoms with E-state index < -0.39 is 5.38 Å². The molecule has 2 rings (SSSR count). The molecule has 0 radical (unpaired) electrons. The summed E-state index contributed by atoms with van der Waals surface area (Å²) in [6, 6.07) is 0. The van der Waals surface area contributed by atoms with E-state index in [0.717, 1.165) is 12.8 Å². The fraction of sp³-hybridized carbons (Fsp3) is 0.750. The van der Waals surface area contributed by atoms with Crippen molar-refractivity contribution in [3.63, 3.8) is 0 Å². The van der Waals surface area contributed by atoms with Crippen LogP contribution in [0.15, 0.2) is 4.52 Å². The minimum absolute atomic E-state index is 0.000346. The Balaban J connectivity index is 1.94. The minimum atomic E-state index is -0.458. The van der Waals surface area contributed by atoms with Crippen LogP contribution in [0, 0.1) is 0 Å². The van der Waals surface area contributed by atoms with Crippen molar-refractivity contribution in [3.8, 4) is 0 Å². The van der Waals surface area contributed by atoms with Crippen LogP contribution in [0.25, 0.3) is 0 Å². The largest absolute Gasteiger partial charge is 0.344 e. The zero-order chi connectivity index (χ0) is 14.0. The number of anilines is 1. The third kappa shape index (κ3) is 3.18. The quantitative estimate of drug-likeness (QED) is 0.788. The van der Waals surface area contributed by atoms with Crippen LogP contribution < -0.4 is 4.90 Å². The number of alkyl halides is 1. The Morgan fingerprint density at radius 2 is 2.11 bits per heavy atom. The molecular weight excluding hydrogens is 268 g/mol. The smallest absolute Gasteiger partial charge is 0.265 e. The molecule has 1 aliphatic rings. The summed E-state index contributed by atoms with van der Waals surface area (Å²) in [7, 11) is 3.75. The summed E-state index contributed by atoms with van der Waals surface area (Å²) in [5.74, 6) is 1.48. The predicted molar refractivity (Wildman–Crippen MR) is 72.5 cm³/mol. The second kappa shape index (κ2) is 5.77. The topological polar surface area (TPSA) is 62.5 Å². The van der Waals surface area contributed by atoms with E-state index in [1.54, 1.807) is 16.7 Å². The molecule has 1 atom stereocenters. The zero-order valence-corrected chi connectivity index (χ0v) is 12.2. The van der Waals surface area contributed by atoms with Crippen molar-refractivity contribution in [2.75, 3.05) is 32.1 Å². The van der Waals surface area contributed by atoms with Gasteiger partial charge in [0.2, 0.25) is 11.8 Å². The lowest BCUT2D eigenvalue weighted by molar-refractivity contribution is -0.131. The number of likely N-dealkylation sites (tertiary alicyclic amines) is 1. The van der Waals surface area contributed by atoms with Crippen LogP contribution in [-0.2, 0) is 4.79 Å². The molecule has 0 bridgehead atoms. The molecule has 1 aliphatic heterocycles. The Hall–Kier alpha value is -1.30. The summed E-state index contributed by atoms with van der Waals surface area (Å²) in [5, 5.41) is 3.45. The average Bonchev–Trinajstić information content (AvgIpc) is 2.87. The number of halogens is 1. The van der Waals surface area contributed by atoms with Crippen LogP contribution in [0.5, 0.6) is 0 Å². The number of aromatic nitrogens is 2. The first-order valence-corrected chi connectivity index (χ1v) is 6.86. The van der Waals surface area contributed by atoms with E-state index in [-0.39, 0.29) is 11.8 Å². The van der Waals surface area contributed by atoms with Crippen molar-refractivity contribution in [1.29, 1.82) is 0 Å². The van der Waals surface area contributed by atoms with E-state index in [2.05, 4.69) is 10.1 Å². The molecule has 19 heavy (non-hydrogen) atoms. The molecule has 7 heteroatoms. The van der Waals surface area contributed by atoms with Gasteiger partial charge in [-0.05, 0) is 24.9 Å². The molecule has 1 fully saturated rings. The van der Waals surface area contributed by atoms with Crippen molar-refractivity contribution < 1.29 is 9.32 Å². The van der Waals surface area contributed by atoms with E-state index >= 15 is 0 Å². The molecular formula is C12H19ClN4O2. The average molecular weight is 287 g/mol. The van der Waals surface area contributed by atoms with Gasteiger partial charge in [0.25, 0.3) is 5.95 Å². The molecule has 1 unspecified atom stereocenters. The van der Waals surface area contributed by atoms with E-state index in [4.69, 9.17) is 16.1 Å². The van der Waals surface area contributed by atoms with Gasteiger partial charge in [-0.15, -0.1) is 11.6 Å². The van der Waals surface area contributed by atoms with Crippen LogP contribution in [0.1, 0.15) is 31.6 Å². The number of hydrogen-bond donors (Lipinski definition) is 0. The van der Waals surface area contributed by atoms with Gasteiger partial charge in [0.15, 0.2) is 0 Å². The lowest BCUT2D eigenvalue weighted by Crippen LogP contribution is -2.41. The second-order valence-electron chi connectivity index (χ2n) is 5.04. The maximum absolute atomic E-state index is 11.8. The van der Waals surface area contributed by atoms with Crippen LogP contribution >= 0.6 is 11.6 Å². The molecule has 0 spiro atoms. The fourth-order valence-corrected chi connectivity index (χ4v) is 2.31. The Kier molecular flexibility index (Phi) is 4.29. The molecule has 1 aromatic rings. The maximum Gasteiger partial charge on any atom is 0.265 e. The molecule has 0 N–H and O–H groups in total. The van der Waals surface area contributed by atoms with Gasteiger partial charge in [-0.25, -0.2) is 0 Å². The van der Waals surface area contributed by atoms with Crippen molar-refractivity contribution in [3.05, 3.63) is 5.89 Å². The van der Waals surface area contributed by atoms with Gasteiger partial charge in [0.1, 0.15) is 5.38 Å². The third-order valence-electron chi connectivity index (χ3n) is 3.33. The lowest BCUT2D eigenvalue weighted by atomic mass is 9.96. The second-order valence-corrected chi connectivity index (χ2v) is 5.70. The summed E-state index contributed by atoms with van der Waals surface area (Å²) in [6.07, 6.45) is 1.68. The molecule has 1 amide bonds. The van der Waals surface area contributed by atoms with Crippen LogP contribution in [0.2, 0.25) is 0 Å². The van der Waals surface area contributed by atoms with Gasteiger partial charge >= 0.3 is 0 Å².